The molecule has 1 N–H and O–H groups in total. The minimum atomic E-state index is 0.0650. The standard InChI is InChI=1S/C16H19N3O/c20-16(10-9-13-6-2-1-3-7-13)18-14-12-17-19-11-5-4-8-15(14)19/h1-3,6-7,12H,4-5,8-11H2,(H,18,20). The van der Waals surface area contributed by atoms with E-state index in [-0.39, 0.29) is 5.91 Å². The molecule has 1 aromatic heterocycles. The van der Waals surface area contributed by atoms with Crippen LogP contribution in [0.3, 0.4) is 0 Å². The summed E-state index contributed by atoms with van der Waals surface area (Å²) in [4.78, 5) is 12.0. The van der Waals surface area contributed by atoms with E-state index in [0.29, 0.717) is 6.42 Å². The van der Waals surface area contributed by atoms with Crippen LogP contribution >= 0.6 is 0 Å². The summed E-state index contributed by atoms with van der Waals surface area (Å²) in [6, 6.07) is 10.1. The van der Waals surface area contributed by atoms with Crippen molar-refractivity contribution in [1.29, 1.82) is 0 Å². The van der Waals surface area contributed by atoms with Gasteiger partial charge in [0, 0.05) is 13.0 Å². The van der Waals surface area contributed by atoms with Crippen molar-refractivity contribution < 1.29 is 4.79 Å². The summed E-state index contributed by atoms with van der Waals surface area (Å²) in [5.74, 6) is 0.0650. The van der Waals surface area contributed by atoms with Crippen molar-refractivity contribution in [2.24, 2.45) is 0 Å². The number of hydrogen-bond donors (Lipinski definition) is 1. The van der Waals surface area contributed by atoms with Gasteiger partial charge in [0.15, 0.2) is 0 Å². The van der Waals surface area contributed by atoms with Crippen LogP contribution in [-0.2, 0) is 24.2 Å². The van der Waals surface area contributed by atoms with E-state index < -0.39 is 0 Å². The van der Waals surface area contributed by atoms with E-state index in [4.69, 9.17) is 0 Å². The van der Waals surface area contributed by atoms with Gasteiger partial charge in [-0.3, -0.25) is 9.48 Å². The van der Waals surface area contributed by atoms with E-state index in [0.717, 1.165) is 25.1 Å². The molecule has 1 aliphatic heterocycles. The van der Waals surface area contributed by atoms with Gasteiger partial charge in [-0.05, 0) is 31.2 Å². The Morgan fingerprint density at radius 3 is 2.95 bits per heavy atom. The second kappa shape index (κ2) is 5.90. The molecule has 0 saturated carbocycles. The van der Waals surface area contributed by atoms with Crippen molar-refractivity contribution in [3.05, 3.63) is 47.8 Å². The predicted molar refractivity (Wildman–Crippen MR) is 78.6 cm³/mol. The minimum absolute atomic E-state index is 0.0650. The fourth-order valence-electron chi connectivity index (χ4n) is 2.64. The summed E-state index contributed by atoms with van der Waals surface area (Å²) in [6.45, 7) is 0.967. The number of hydrogen-bond acceptors (Lipinski definition) is 2. The summed E-state index contributed by atoms with van der Waals surface area (Å²) >= 11 is 0. The van der Waals surface area contributed by atoms with Crippen LogP contribution in [0.4, 0.5) is 5.69 Å². The van der Waals surface area contributed by atoms with Crippen molar-refractivity contribution >= 4 is 11.6 Å². The van der Waals surface area contributed by atoms with Crippen molar-refractivity contribution in [1.82, 2.24) is 9.78 Å². The molecule has 0 radical (unpaired) electrons. The molecule has 0 atom stereocenters. The summed E-state index contributed by atoms with van der Waals surface area (Å²) < 4.78 is 2.01. The quantitative estimate of drug-likeness (QED) is 0.927. The molecular weight excluding hydrogens is 250 g/mol. The molecule has 0 saturated heterocycles. The number of nitrogens with zero attached hydrogens (tertiary/aromatic N) is 2. The average molecular weight is 269 g/mol. The molecule has 104 valence electrons. The van der Waals surface area contributed by atoms with Crippen LogP contribution in [0, 0.1) is 0 Å². The third-order valence-electron chi connectivity index (χ3n) is 3.74. The van der Waals surface area contributed by atoms with E-state index in [1.54, 1.807) is 6.20 Å². The number of amides is 1. The van der Waals surface area contributed by atoms with Crippen LogP contribution in [0.2, 0.25) is 0 Å². The molecule has 0 bridgehead atoms. The van der Waals surface area contributed by atoms with Gasteiger partial charge in [-0.1, -0.05) is 30.3 Å². The zero-order chi connectivity index (χ0) is 13.8. The lowest BCUT2D eigenvalue weighted by Gasteiger charge is -2.14. The van der Waals surface area contributed by atoms with Crippen molar-refractivity contribution in [3.8, 4) is 0 Å². The maximum atomic E-state index is 12.0. The number of nitrogens with one attached hydrogen (secondary N) is 1. The predicted octanol–water partition coefficient (Wildman–Crippen LogP) is 2.79. The first-order valence-electron chi connectivity index (χ1n) is 7.21. The number of carbonyl (C=O) groups is 1. The van der Waals surface area contributed by atoms with Gasteiger partial charge >= 0.3 is 0 Å². The lowest BCUT2D eigenvalue weighted by molar-refractivity contribution is -0.116. The van der Waals surface area contributed by atoms with E-state index in [1.807, 2.05) is 22.9 Å². The Bertz CT molecular complexity index is 589. The van der Waals surface area contributed by atoms with Crippen LogP contribution in [0.15, 0.2) is 36.5 Å². The Balaban J connectivity index is 1.58. The second-order valence-corrected chi connectivity index (χ2v) is 5.22. The number of benzene rings is 1. The molecule has 1 amide bonds. The van der Waals surface area contributed by atoms with Gasteiger partial charge in [0.2, 0.25) is 5.91 Å². The first kappa shape index (κ1) is 12.9. The second-order valence-electron chi connectivity index (χ2n) is 5.22. The van der Waals surface area contributed by atoms with Crippen LogP contribution in [-0.4, -0.2) is 15.7 Å². The summed E-state index contributed by atoms with van der Waals surface area (Å²) in [7, 11) is 0. The van der Waals surface area contributed by atoms with E-state index in [1.165, 1.54) is 24.1 Å². The Morgan fingerprint density at radius 2 is 2.10 bits per heavy atom. The number of aromatic nitrogens is 2. The maximum absolute atomic E-state index is 12.0. The third-order valence-corrected chi connectivity index (χ3v) is 3.74. The Labute approximate surface area is 118 Å². The molecule has 1 aliphatic rings. The first-order chi connectivity index (χ1) is 9.83. The molecule has 1 aromatic carbocycles. The average Bonchev–Trinajstić information content (AvgIpc) is 2.90. The van der Waals surface area contributed by atoms with E-state index in [9.17, 15) is 4.79 Å². The van der Waals surface area contributed by atoms with Gasteiger partial charge < -0.3 is 5.32 Å². The minimum Gasteiger partial charge on any atom is -0.323 e. The van der Waals surface area contributed by atoms with E-state index in [2.05, 4.69) is 22.5 Å². The maximum Gasteiger partial charge on any atom is 0.224 e. The summed E-state index contributed by atoms with van der Waals surface area (Å²) in [5.41, 5.74) is 3.26. The SMILES string of the molecule is O=C(CCc1ccccc1)Nc1cnn2c1CCCC2. The zero-order valence-corrected chi connectivity index (χ0v) is 11.5. The molecule has 20 heavy (non-hydrogen) atoms. The Hall–Kier alpha value is -2.10. The van der Waals surface area contributed by atoms with Gasteiger partial charge in [-0.25, -0.2) is 0 Å². The molecule has 2 aromatic rings. The van der Waals surface area contributed by atoms with Crippen LogP contribution in [0.5, 0.6) is 0 Å². The highest BCUT2D eigenvalue weighted by molar-refractivity contribution is 5.91. The molecule has 0 aliphatic carbocycles. The van der Waals surface area contributed by atoms with Gasteiger partial charge in [0.25, 0.3) is 0 Å². The highest BCUT2D eigenvalue weighted by Gasteiger charge is 2.16. The van der Waals surface area contributed by atoms with Crippen molar-refractivity contribution in [3.63, 3.8) is 0 Å². The largest absolute Gasteiger partial charge is 0.323 e. The van der Waals surface area contributed by atoms with Crippen LogP contribution in [0.25, 0.3) is 0 Å². The van der Waals surface area contributed by atoms with Crippen molar-refractivity contribution in [2.75, 3.05) is 5.32 Å². The molecule has 0 unspecified atom stereocenters. The fourth-order valence-corrected chi connectivity index (χ4v) is 2.64. The topological polar surface area (TPSA) is 46.9 Å². The molecule has 0 spiro atoms. The van der Waals surface area contributed by atoms with Gasteiger partial charge in [-0.15, -0.1) is 0 Å². The van der Waals surface area contributed by atoms with Gasteiger partial charge in [0.05, 0.1) is 17.6 Å². The zero-order valence-electron chi connectivity index (χ0n) is 11.5. The molecule has 0 fully saturated rings. The normalized spacial score (nSPS) is 13.8. The molecular formula is C16H19N3O. The lowest BCUT2D eigenvalue weighted by atomic mass is 10.1. The Morgan fingerprint density at radius 1 is 1.25 bits per heavy atom. The lowest BCUT2D eigenvalue weighted by Crippen LogP contribution is -2.16. The number of rotatable bonds is 4. The van der Waals surface area contributed by atoms with Crippen LogP contribution in [0.1, 0.15) is 30.5 Å². The molecule has 4 nitrogen and oxygen atoms in total. The summed E-state index contributed by atoms with van der Waals surface area (Å²) in [6.07, 6.45) is 6.43. The van der Waals surface area contributed by atoms with Crippen molar-refractivity contribution in [2.45, 2.75) is 38.6 Å². The number of carbonyl (C=O) groups excluding carboxylic acids is 1. The number of anilines is 1. The van der Waals surface area contributed by atoms with E-state index >= 15 is 0 Å². The van der Waals surface area contributed by atoms with Crippen LogP contribution < -0.4 is 5.32 Å². The first-order valence-corrected chi connectivity index (χ1v) is 7.21. The molecule has 2 heterocycles. The van der Waals surface area contributed by atoms with Gasteiger partial charge in [-0.2, -0.15) is 5.10 Å². The monoisotopic (exact) mass is 269 g/mol. The molecule has 4 heteroatoms. The highest BCUT2D eigenvalue weighted by Crippen LogP contribution is 2.22. The smallest absolute Gasteiger partial charge is 0.224 e. The third kappa shape index (κ3) is 2.90. The number of aryl methyl sites for hydroxylation is 2. The van der Waals surface area contributed by atoms with Gasteiger partial charge in [0.1, 0.15) is 0 Å². The fraction of sp³-hybridized carbons (Fsp3) is 0.375. The highest BCUT2D eigenvalue weighted by atomic mass is 16.1. The summed E-state index contributed by atoms with van der Waals surface area (Å²) in [5, 5.41) is 7.33. The molecule has 3 rings (SSSR count). The Kier molecular flexibility index (Phi) is 3.81. The number of fused-ring (bicyclic) bond motifs is 1.